The molecule has 0 saturated heterocycles. The zero-order valence-electron chi connectivity index (χ0n) is 17.0. The SMILES string of the molecule is COc1cc(NC(C)=O)c(Cl)cc1C(=O)Nc1nnc(CCCOc2ccccc2)s1. The number of amides is 2. The quantitative estimate of drug-likeness (QED) is 0.458. The molecule has 8 nitrogen and oxygen atoms in total. The molecule has 0 spiro atoms. The molecule has 1 aromatic heterocycles. The van der Waals surface area contributed by atoms with Gasteiger partial charge in [0.2, 0.25) is 11.0 Å². The number of para-hydroxylation sites is 1. The molecule has 0 bridgehead atoms. The van der Waals surface area contributed by atoms with E-state index in [2.05, 4.69) is 20.8 Å². The Morgan fingerprint density at radius 1 is 1.13 bits per heavy atom. The van der Waals surface area contributed by atoms with E-state index in [1.165, 1.54) is 37.5 Å². The van der Waals surface area contributed by atoms with Gasteiger partial charge in [0.05, 0.1) is 30.0 Å². The van der Waals surface area contributed by atoms with Gasteiger partial charge in [0, 0.05) is 19.4 Å². The summed E-state index contributed by atoms with van der Waals surface area (Å²) in [5.74, 6) is 0.373. The number of aryl methyl sites for hydroxylation is 1. The van der Waals surface area contributed by atoms with Crippen molar-refractivity contribution in [3.05, 3.63) is 58.1 Å². The number of carbonyl (C=O) groups excluding carboxylic acids is 2. The molecule has 0 aliphatic rings. The first-order chi connectivity index (χ1) is 15.0. The molecular formula is C21H21ClN4O4S. The van der Waals surface area contributed by atoms with Gasteiger partial charge in [0.15, 0.2) is 0 Å². The van der Waals surface area contributed by atoms with Crippen molar-refractivity contribution in [2.45, 2.75) is 19.8 Å². The summed E-state index contributed by atoms with van der Waals surface area (Å²) in [5.41, 5.74) is 0.577. The lowest BCUT2D eigenvalue weighted by molar-refractivity contribution is -0.114. The molecule has 2 aromatic carbocycles. The van der Waals surface area contributed by atoms with Crippen LogP contribution >= 0.6 is 22.9 Å². The molecule has 0 saturated carbocycles. The largest absolute Gasteiger partial charge is 0.496 e. The van der Waals surface area contributed by atoms with Crippen LogP contribution in [0.15, 0.2) is 42.5 Å². The van der Waals surface area contributed by atoms with Gasteiger partial charge in [-0.05, 0) is 24.6 Å². The molecule has 0 aliphatic heterocycles. The van der Waals surface area contributed by atoms with E-state index < -0.39 is 5.91 Å². The molecule has 0 atom stereocenters. The molecule has 31 heavy (non-hydrogen) atoms. The van der Waals surface area contributed by atoms with E-state index in [-0.39, 0.29) is 22.2 Å². The third kappa shape index (κ3) is 6.40. The van der Waals surface area contributed by atoms with E-state index >= 15 is 0 Å². The van der Waals surface area contributed by atoms with Gasteiger partial charge in [0.1, 0.15) is 16.5 Å². The molecule has 1 heterocycles. The smallest absolute Gasteiger partial charge is 0.261 e. The maximum atomic E-state index is 12.7. The van der Waals surface area contributed by atoms with Gasteiger partial charge >= 0.3 is 0 Å². The van der Waals surface area contributed by atoms with Crippen molar-refractivity contribution in [3.8, 4) is 11.5 Å². The highest BCUT2D eigenvalue weighted by atomic mass is 35.5. The Bertz CT molecular complexity index is 1060. The third-order valence-electron chi connectivity index (χ3n) is 4.08. The number of halogens is 1. The highest BCUT2D eigenvalue weighted by Crippen LogP contribution is 2.31. The second-order valence-electron chi connectivity index (χ2n) is 6.43. The van der Waals surface area contributed by atoms with E-state index in [4.69, 9.17) is 21.1 Å². The molecule has 0 fully saturated rings. The summed E-state index contributed by atoms with van der Waals surface area (Å²) in [6, 6.07) is 12.5. The van der Waals surface area contributed by atoms with Crippen LogP contribution in [0.25, 0.3) is 0 Å². The van der Waals surface area contributed by atoms with Crippen LogP contribution in [0.4, 0.5) is 10.8 Å². The van der Waals surface area contributed by atoms with Crippen molar-refractivity contribution >= 4 is 45.6 Å². The number of nitrogens with one attached hydrogen (secondary N) is 2. The van der Waals surface area contributed by atoms with Crippen LogP contribution in [0, 0.1) is 0 Å². The Hall–Kier alpha value is -3.17. The van der Waals surface area contributed by atoms with Gasteiger partial charge in [-0.15, -0.1) is 10.2 Å². The summed E-state index contributed by atoms with van der Waals surface area (Å²) in [7, 11) is 1.43. The molecule has 0 aliphatic carbocycles. The van der Waals surface area contributed by atoms with Crippen molar-refractivity contribution in [1.29, 1.82) is 0 Å². The highest BCUT2D eigenvalue weighted by molar-refractivity contribution is 7.15. The lowest BCUT2D eigenvalue weighted by atomic mass is 10.1. The monoisotopic (exact) mass is 460 g/mol. The summed E-state index contributed by atoms with van der Waals surface area (Å²) in [4.78, 5) is 24.0. The van der Waals surface area contributed by atoms with Crippen LogP contribution in [0.1, 0.15) is 28.7 Å². The maximum absolute atomic E-state index is 12.7. The summed E-state index contributed by atoms with van der Waals surface area (Å²) >= 11 is 7.47. The zero-order chi connectivity index (χ0) is 22.2. The maximum Gasteiger partial charge on any atom is 0.261 e. The van der Waals surface area contributed by atoms with Crippen molar-refractivity contribution in [2.75, 3.05) is 24.4 Å². The molecule has 3 aromatic rings. The standard InChI is InChI=1S/C21H21ClN4O4S/c1-13(27)23-17-12-18(29-2)15(11-16(17)22)20(28)24-21-26-25-19(31-21)9-6-10-30-14-7-4-3-5-8-14/h3-5,7-8,11-12H,6,9-10H2,1-2H3,(H,23,27)(H,24,26,28). The number of carbonyl (C=O) groups is 2. The van der Waals surface area contributed by atoms with Crippen LogP contribution in [0.5, 0.6) is 11.5 Å². The minimum Gasteiger partial charge on any atom is -0.496 e. The summed E-state index contributed by atoms with van der Waals surface area (Å²) in [6.45, 7) is 1.92. The number of benzene rings is 2. The molecule has 3 rings (SSSR count). The number of methoxy groups -OCH3 is 1. The van der Waals surface area contributed by atoms with Crippen molar-refractivity contribution in [2.24, 2.45) is 0 Å². The molecule has 0 radical (unpaired) electrons. The topological polar surface area (TPSA) is 102 Å². The molecule has 0 unspecified atom stereocenters. The fourth-order valence-electron chi connectivity index (χ4n) is 2.68. The average molecular weight is 461 g/mol. The molecular weight excluding hydrogens is 440 g/mol. The second kappa shape index (κ2) is 10.7. The predicted octanol–water partition coefficient (Wildman–Crippen LogP) is 4.42. The predicted molar refractivity (Wildman–Crippen MR) is 120 cm³/mol. The van der Waals surface area contributed by atoms with E-state index in [0.717, 1.165) is 17.2 Å². The van der Waals surface area contributed by atoms with Gasteiger partial charge in [-0.2, -0.15) is 0 Å². The Morgan fingerprint density at radius 2 is 1.90 bits per heavy atom. The normalized spacial score (nSPS) is 10.4. The van der Waals surface area contributed by atoms with E-state index in [1.807, 2.05) is 30.3 Å². The van der Waals surface area contributed by atoms with Gasteiger partial charge in [-0.3, -0.25) is 14.9 Å². The molecule has 2 N–H and O–H groups in total. The first-order valence-corrected chi connectivity index (χ1v) is 10.6. The summed E-state index contributed by atoms with van der Waals surface area (Å²) in [6.07, 6.45) is 1.45. The average Bonchev–Trinajstić information content (AvgIpc) is 3.20. The van der Waals surface area contributed by atoms with Gasteiger partial charge in [-0.25, -0.2) is 0 Å². The first-order valence-electron chi connectivity index (χ1n) is 9.43. The Balaban J connectivity index is 1.58. The summed E-state index contributed by atoms with van der Waals surface area (Å²) < 4.78 is 10.9. The van der Waals surface area contributed by atoms with Gasteiger partial charge in [-0.1, -0.05) is 41.1 Å². The van der Waals surface area contributed by atoms with Crippen LogP contribution in [-0.2, 0) is 11.2 Å². The van der Waals surface area contributed by atoms with Crippen LogP contribution in [-0.4, -0.2) is 35.7 Å². The van der Waals surface area contributed by atoms with Crippen molar-refractivity contribution in [3.63, 3.8) is 0 Å². The summed E-state index contributed by atoms with van der Waals surface area (Å²) in [5, 5.41) is 14.8. The molecule has 162 valence electrons. The van der Waals surface area contributed by atoms with E-state index in [1.54, 1.807) is 0 Å². The Kier molecular flexibility index (Phi) is 7.80. The second-order valence-corrected chi connectivity index (χ2v) is 7.90. The minimum atomic E-state index is -0.441. The highest BCUT2D eigenvalue weighted by Gasteiger charge is 2.18. The first kappa shape index (κ1) is 22.5. The Morgan fingerprint density at radius 3 is 2.61 bits per heavy atom. The zero-order valence-corrected chi connectivity index (χ0v) is 18.5. The fourth-order valence-corrected chi connectivity index (χ4v) is 3.67. The number of nitrogens with zero attached hydrogens (tertiary/aromatic N) is 2. The van der Waals surface area contributed by atoms with Gasteiger partial charge in [0.25, 0.3) is 5.91 Å². The number of hydrogen-bond donors (Lipinski definition) is 2. The van der Waals surface area contributed by atoms with Crippen LogP contribution < -0.4 is 20.1 Å². The number of anilines is 2. The van der Waals surface area contributed by atoms with E-state index in [9.17, 15) is 9.59 Å². The Labute approximate surface area is 188 Å². The molecule has 10 heteroatoms. The lowest BCUT2D eigenvalue weighted by Gasteiger charge is -2.12. The molecule has 2 amide bonds. The van der Waals surface area contributed by atoms with Crippen molar-refractivity contribution < 1.29 is 19.1 Å². The minimum absolute atomic E-state index is 0.217. The number of ether oxygens (including phenoxy) is 2. The van der Waals surface area contributed by atoms with E-state index in [0.29, 0.717) is 23.8 Å². The number of hydrogen-bond acceptors (Lipinski definition) is 7. The van der Waals surface area contributed by atoms with Crippen LogP contribution in [0.3, 0.4) is 0 Å². The van der Waals surface area contributed by atoms with Crippen molar-refractivity contribution in [1.82, 2.24) is 10.2 Å². The van der Waals surface area contributed by atoms with Crippen LogP contribution in [0.2, 0.25) is 5.02 Å². The third-order valence-corrected chi connectivity index (χ3v) is 5.29. The van der Waals surface area contributed by atoms with Gasteiger partial charge < -0.3 is 14.8 Å². The number of aromatic nitrogens is 2. The number of rotatable bonds is 9. The fraction of sp³-hybridized carbons (Fsp3) is 0.238. The lowest BCUT2D eigenvalue weighted by Crippen LogP contribution is -2.14.